The first-order valence-electron chi connectivity index (χ1n) is 7.75. The van der Waals surface area contributed by atoms with Crippen LogP contribution in [0.15, 0.2) is 56.7 Å². The molecule has 0 N–H and O–H groups in total. The van der Waals surface area contributed by atoms with Crippen LogP contribution in [0.5, 0.6) is 0 Å². The summed E-state index contributed by atoms with van der Waals surface area (Å²) >= 11 is 9.61. The quantitative estimate of drug-likeness (QED) is 0.511. The van der Waals surface area contributed by atoms with Crippen molar-refractivity contribution in [3.05, 3.63) is 74.6 Å². The minimum absolute atomic E-state index is 0.339. The maximum absolute atomic E-state index is 11.9. The second-order valence-electron chi connectivity index (χ2n) is 5.77. The summed E-state index contributed by atoms with van der Waals surface area (Å²) in [6, 6.07) is 13.4. The van der Waals surface area contributed by atoms with Crippen molar-refractivity contribution in [3.63, 3.8) is 0 Å². The summed E-state index contributed by atoms with van der Waals surface area (Å²) in [5, 5.41) is 1.55. The molecule has 0 amide bonds. The molecule has 2 heterocycles. The molecule has 0 spiro atoms. The van der Waals surface area contributed by atoms with Gasteiger partial charge in [-0.2, -0.15) is 0 Å². The summed E-state index contributed by atoms with van der Waals surface area (Å²) in [7, 11) is 0. The lowest BCUT2D eigenvalue weighted by atomic mass is 10.1. The maximum Gasteiger partial charge on any atom is 0.336 e. The highest BCUT2D eigenvalue weighted by molar-refractivity contribution is 8.38. The average Bonchev–Trinajstić information content (AvgIpc) is 2.61. The Morgan fingerprint density at radius 3 is 3.00 bits per heavy atom. The second kappa shape index (κ2) is 6.90. The Balaban J connectivity index is 1.65. The van der Waals surface area contributed by atoms with Crippen LogP contribution in [-0.4, -0.2) is 4.38 Å². The zero-order valence-electron chi connectivity index (χ0n) is 13.4. The van der Waals surface area contributed by atoms with Gasteiger partial charge >= 0.3 is 5.63 Å². The van der Waals surface area contributed by atoms with Crippen LogP contribution in [0.3, 0.4) is 0 Å². The molecule has 3 aromatic rings. The van der Waals surface area contributed by atoms with Crippen LogP contribution in [0.1, 0.15) is 16.7 Å². The van der Waals surface area contributed by atoms with Crippen LogP contribution in [-0.2, 0) is 11.5 Å². The Hall–Kier alpha value is -1.69. The summed E-state index contributed by atoms with van der Waals surface area (Å²) in [5.74, 6) is 1.57. The minimum Gasteiger partial charge on any atom is -0.423 e. The van der Waals surface area contributed by atoms with Gasteiger partial charge in [0.1, 0.15) is 9.96 Å². The van der Waals surface area contributed by atoms with E-state index >= 15 is 0 Å². The molecule has 0 radical (unpaired) electrons. The molecule has 1 aliphatic rings. The standard InChI is InChI=1S/C19H14ClNO2S2/c1-11-6-17-14(8-15(11)20)13(7-18(22)23-17)10-25-19-21-16-5-3-2-4-12(16)9-24-19/h2-8H,9-10H2,1H3. The largest absolute Gasteiger partial charge is 0.423 e. The molecule has 0 saturated heterocycles. The van der Waals surface area contributed by atoms with Gasteiger partial charge in [-0.05, 0) is 41.8 Å². The lowest BCUT2D eigenvalue weighted by Crippen LogP contribution is -2.02. The molecule has 6 heteroatoms. The fraction of sp³-hybridized carbons (Fsp3) is 0.158. The number of nitrogens with zero attached hydrogens (tertiary/aromatic N) is 1. The molecule has 0 fully saturated rings. The van der Waals surface area contributed by atoms with Crippen molar-refractivity contribution in [1.82, 2.24) is 0 Å². The Morgan fingerprint density at radius 1 is 1.28 bits per heavy atom. The zero-order valence-corrected chi connectivity index (χ0v) is 15.8. The lowest BCUT2D eigenvalue weighted by molar-refractivity contribution is 0.559. The zero-order chi connectivity index (χ0) is 17.4. The predicted molar refractivity (Wildman–Crippen MR) is 108 cm³/mol. The van der Waals surface area contributed by atoms with Gasteiger partial charge in [0.15, 0.2) is 0 Å². The van der Waals surface area contributed by atoms with Crippen molar-refractivity contribution in [2.24, 2.45) is 4.99 Å². The third-order valence-electron chi connectivity index (χ3n) is 4.02. The molecule has 0 bridgehead atoms. The van der Waals surface area contributed by atoms with Crippen molar-refractivity contribution in [2.45, 2.75) is 18.4 Å². The molecule has 1 aliphatic heterocycles. The van der Waals surface area contributed by atoms with E-state index in [4.69, 9.17) is 21.0 Å². The highest BCUT2D eigenvalue weighted by atomic mass is 35.5. The van der Waals surface area contributed by atoms with E-state index in [0.29, 0.717) is 16.4 Å². The van der Waals surface area contributed by atoms with Crippen LogP contribution in [0.4, 0.5) is 5.69 Å². The smallest absolute Gasteiger partial charge is 0.336 e. The summed E-state index contributed by atoms with van der Waals surface area (Å²) in [6.45, 7) is 1.90. The highest BCUT2D eigenvalue weighted by Gasteiger charge is 2.14. The first kappa shape index (κ1) is 16.8. The van der Waals surface area contributed by atoms with E-state index in [1.54, 1.807) is 29.6 Å². The monoisotopic (exact) mass is 387 g/mol. The predicted octanol–water partition coefficient (Wildman–Crippen LogP) is 5.92. The first-order valence-corrected chi connectivity index (χ1v) is 10.1. The van der Waals surface area contributed by atoms with Crippen molar-refractivity contribution >= 4 is 56.2 Å². The molecule has 0 aliphatic carbocycles. The Morgan fingerprint density at radius 2 is 2.12 bits per heavy atom. The molecule has 25 heavy (non-hydrogen) atoms. The number of aryl methyl sites for hydroxylation is 1. The van der Waals surface area contributed by atoms with E-state index < -0.39 is 0 Å². The van der Waals surface area contributed by atoms with E-state index in [9.17, 15) is 4.79 Å². The van der Waals surface area contributed by atoms with Gasteiger partial charge in [-0.25, -0.2) is 9.79 Å². The van der Waals surface area contributed by atoms with Gasteiger partial charge in [0.25, 0.3) is 0 Å². The van der Waals surface area contributed by atoms with Crippen molar-refractivity contribution in [1.29, 1.82) is 0 Å². The van der Waals surface area contributed by atoms with Gasteiger partial charge in [-0.15, -0.1) is 0 Å². The van der Waals surface area contributed by atoms with E-state index in [-0.39, 0.29) is 5.63 Å². The van der Waals surface area contributed by atoms with E-state index in [1.807, 2.05) is 37.3 Å². The van der Waals surface area contributed by atoms with Gasteiger partial charge in [-0.1, -0.05) is 53.3 Å². The number of rotatable bonds is 2. The molecule has 126 valence electrons. The van der Waals surface area contributed by atoms with Crippen LogP contribution >= 0.6 is 35.1 Å². The fourth-order valence-electron chi connectivity index (χ4n) is 2.69. The molecule has 3 nitrogen and oxygen atoms in total. The SMILES string of the molecule is Cc1cc2oc(=O)cc(CSC3=Nc4ccccc4CS3)c2cc1Cl. The number of para-hydroxylation sites is 1. The number of aliphatic imine (C=N–C) groups is 1. The number of halogens is 1. The molecular formula is C19H14ClNO2S2. The third-order valence-corrected chi connectivity index (χ3v) is 6.72. The molecule has 1 aromatic heterocycles. The van der Waals surface area contributed by atoms with E-state index in [2.05, 4.69) is 6.07 Å². The molecule has 0 unspecified atom stereocenters. The number of fused-ring (bicyclic) bond motifs is 2. The first-order chi connectivity index (χ1) is 12.1. The molecule has 0 saturated carbocycles. The lowest BCUT2D eigenvalue weighted by Gasteiger charge is -2.14. The Labute approximate surface area is 158 Å². The van der Waals surface area contributed by atoms with Gasteiger partial charge in [-0.3, -0.25) is 0 Å². The summed E-state index contributed by atoms with van der Waals surface area (Å²) < 4.78 is 6.33. The van der Waals surface area contributed by atoms with Crippen LogP contribution in [0.25, 0.3) is 11.0 Å². The van der Waals surface area contributed by atoms with Gasteiger partial charge in [0, 0.05) is 28.0 Å². The van der Waals surface area contributed by atoms with Gasteiger partial charge in [0.2, 0.25) is 0 Å². The molecule has 2 aromatic carbocycles. The average molecular weight is 388 g/mol. The van der Waals surface area contributed by atoms with Crippen LogP contribution < -0.4 is 5.63 Å². The number of benzene rings is 2. The fourth-order valence-corrected chi connectivity index (χ4v) is 4.91. The summed E-state index contributed by atoms with van der Waals surface area (Å²) in [5.41, 5.74) is 4.33. The van der Waals surface area contributed by atoms with Crippen LogP contribution in [0, 0.1) is 6.92 Å². The van der Waals surface area contributed by atoms with Gasteiger partial charge < -0.3 is 4.42 Å². The Bertz CT molecular complexity index is 1060. The van der Waals surface area contributed by atoms with E-state index in [0.717, 1.165) is 32.3 Å². The van der Waals surface area contributed by atoms with E-state index in [1.165, 1.54) is 5.56 Å². The summed E-state index contributed by atoms with van der Waals surface area (Å²) in [4.78, 5) is 16.6. The molecule has 4 rings (SSSR count). The van der Waals surface area contributed by atoms with Crippen molar-refractivity contribution < 1.29 is 4.42 Å². The number of thioether (sulfide) groups is 2. The topological polar surface area (TPSA) is 42.6 Å². The number of hydrogen-bond donors (Lipinski definition) is 0. The summed E-state index contributed by atoms with van der Waals surface area (Å²) in [6.07, 6.45) is 0. The highest BCUT2D eigenvalue weighted by Crippen LogP contribution is 2.36. The maximum atomic E-state index is 11.9. The third kappa shape index (κ3) is 3.50. The molecule has 0 atom stereocenters. The van der Waals surface area contributed by atoms with Crippen LogP contribution in [0.2, 0.25) is 5.02 Å². The van der Waals surface area contributed by atoms with Crippen molar-refractivity contribution in [2.75, 3.05) is 0 Å². The molecular weight excluding hydrogens is 374 g/mol. The normalized spacial score (nSPS) is 13.6. The van der Waals surface area contributed by atoms with Gasteiger partial charge in [0.05, 0.1) is 5.69 Å². The van der Waals surface area contributed by atoms with Crippen molar-refractivity contribution in [3.8, 4) is 0 Å². The number of hydrogen-bond acceptors (Lipinski definition) is 5. The minimum atomic E-state index is -0.339. The Kier molecular flexibility index (Phi) is 4.63. The second-order valence-corrected chi connectivity index (χ2v) is 8.37.